The van der Waals surface area contributed by atoms with Gasteiger partial charge >= 0.3 is 0 Å². The Morgan fingerprint density at radius 3 is 3.00 bits per heavy atom. The second-order valence-corrected chi connectivity index (χ2v) is 2.70. The maximum Gasteiger partial charge on any atom is 0.184 e. The van der Waals surface area contributed by atoms with Crippen LogP contribution in [0, 0.1) is 0 Å². The Hall–Kier alpha value is -1.36. The molecule has 0 bridgehead atoms. The normalized spacial score (nSPS) is 11.2. The fourth-order valence-corrected chi connectivity index (χ4v) is 0.800. The monoisotopic (exact) mass is 182 g/mol. The number of aromatic amines is 1. The first kappa shape index (κ1) is 8.73. The summed E-state index contributed by atoms with van der Waals surface area (Å²) in [6.07, 6.45) is 1.83. The lowest BCUT2D eigenvalue weighted by Crippen LogP contribution is -2.25. The number of rotatable bonds is 2. The van der Waals surface area contributed by atoms with Crippen molar-refractivity contribution in [3.05, 3.63) is 24.0 Å². The van der Waals surface area contributed by atoms with Crippen LogP contribution in [-0.4, -0.2) is 15.8 Å². The van der Waals surface area contributed by atoms with E-state index in [9.17, 15) is 0 Å². The summed E-state index contributed by atoms with van der Waals surface area (Å²) < 4.78 is 0. The molecule has 0 amide bonds. The van der Waals surface area contributed by atoms with Crippen LogP contribution in [0.4, 0.5) is 0 Å². The summed E-state index contributed by atoms with van der Waals surface area (Å²) >= 11 is 4.59. The highest BCUT2D eigenvalue weighted by atomic mass is 32.1. The van der Waals surface area contributed by atoms with Crippen LogP contribution in [0.5, 0.6) is 0 Å². The number of hydrogen-bond acceptors (Lipinski definition) is 2. The van der Waals surface area contributed by atoms with E-state index >= 15 is 0 Å². The number of aromatic nitrogens is 1. The zero-order chi connectivity index (χ0) is 8.97. The van der Waals surface area contributed by atoms with E-state index in [1.807, 2.05) is 25.3 Å². The van der Waals surface area contributed by atoms with Crippen LogP contribution >= 0.6 is 12.2 Å². The maximum atomic E-state index is 5.20. The van der Waals surface area contributed by atoms with Gasteiger partial charge in [0.15, 0.2) is 5.11 Å². The first-order valence-electron chi connectivity index (χ1n) is 3.43. The number of thiocarbonyl (C=S) groups is 1. The average molecular weight is 182 g/mol. The Morgan fingerprint density at radius 1 is 1.75 bits per heavy atom. The van der Waals surface area contributed by atoms with E-state index in [1.165, 1.54) is 0 Å². The van der Waals surface area contributed by atoms with E-state index in [4.69, 9.17) is 5.73 Å². The molecule has 0 spiro atoms. The molecule has 5 heteroatoms. The lowest BCUT2D eigenvalue weighted by atomic mass is 10.3. The molecule has 0 saturated carbocycles. The summed E-state index contributed by atoms with van der Waals surface area (Å²) in [4.78, 5) is 3.01. The van der Waals surface area contributed by atoms with Gasteiger partial charge in [0, 0.05) is 6.20 Å². The zero-order valence-electron chi connectivity index (χ0n) is 6.66. The SMILES string of the molecule is C/C(=N/NC(N)=S)c1ccc[nH]1. The van der Waals surface area contributed by atoms with E-state index < -0.39 is 0 Å². The fraction of sp³-hybridized carbons (Fsp3) is 0.143. The van der Waals surface area contributed by atoms with Crippen molar-refractivity contribution in [2.45, 2.75) is 6.92 Å². The molecular weight excluding hydrogens is 172 g/mol. The van der Waals surface area contributed by atoms with Crippen molar-refractivity contribution in [2.75, 3.05) is 0 Å². The van der Waals surface area contributed by atoms with Gasteiger partial charge in [0.2, 0.25) is 0 Å². The van der Waals surface area contributed by atoms with Crippen LogP contribution in [0.3, 0.4) is 0 Å². The highest BCUT2D eigenvalue weighted by molar-refractivity contribution is 7.80. The third kappa shape index (κ3) is 2.35. The quantitative estimate of drug-likeness (QED) is 0.356. The Balaban J connectivity index is 2.65. The number of nitrogens with zero attached hydrogens (tertiary/aromatic N) is 1. The van der Waals surface area contributed by atoms with Crippen molar-refractivity contribution < 1.29 is 0 Å². The maximum absolute atomic E-state index is 5.20. The minimum Gasteiger partial charge on any atom is -0.375 e. The second-order valence-electron chi connectivity index (χ2n) is 2.26. The molecule has 0 aromatic carbocycles. The predicted octanol–water partition coefficient (Wildman–Crippen LogP) is 0.572. The Bertz CT molecular complexity index is 288. The van der Waals surface area contributed by atoms with Crippen molar-refractivity contribution in [1.29, 1.82) is 0 Å². The molecule has 0 aliphatic carbocycles. The highest BCUT2D eigenvalue weighted by Crippen LogP contribution is 1.95. The first-order valence-corrected chi connectivity index (χ1v) is 3.84. The van der Waals surface area contributed by atoms with Gasteiger partial charge in [-0.15, -0.1) is 0 Å². The zero-order valence-corrected chi connectivity index (χ0v) is 7.48. The summed E-state index contributed by atoms with van der Waals surface area (Å²) in [5.74, 6) is 0. The van der Waals surface area contributed by atoms with Gasteiger partial charge in [0.1, 0.15) is 0 Å². The summed E-state index contributed by atoms with van der Waals surface area (Å²) in [5, 5.41) is 4.10. The number of H-pyrrole nitrogens is 1. The molecule has 12 heavy (non-hydrogen) atoms. The molecule has 1 aromatic heterocycles. The van der Waals surface area contributed by atoms with Gasteiger partial charge in [-0.1, -0.05) is 0 Å². The van der Waals surface area contributed by atoms with Crippen molar-refractivity contribution in [2.24, 2.45) is 10.8 Å². The Labute approximate surface area is 75.8 Å². The average Bonchev–Trinajstić information content (AvgIpc) is 2.51. The van der Waals surface area contributed by atoms with Gasteiger partial charge in [0.05, 0.1) is 11.4 Å². The van der Waals surface area contributed by atoms with Crippen LogP contribution in [0.25, 0.3) is 0 Å². The molecule has 0 aliphatic rings. The molecule has 0 radical (unpaired) electrons. The lowest BCUT2D eigenvalue weighted by Gasteiger charge is -1.97. The van der Waals surface area contributed by atoms with Crippen LogP contribution in [-0.2, 0) is 0 Å². The van der Waals surface area contributed by atoms with Gasteiger partial charge in [-0.05, 0) is 31.3 Å². The number of nitrogens with one attached hydrogen (secondary N) is 2. The predicted molar refractivity (Wildman–Crippen MR) is 52.9 cm³/mol. The third-order valence-corrected chi connectivity index (χ3v) is 1.41. The highest BCUT2D eigenvalue weighted by Gasteiger charge is 1.95. The minimum absolute atomic E-state index is 0.168. The van der Waals surface area contributed by atoms with E-state index in [1.54, 1.807) is 0 Å². The largest absolute Gasteiger partial charge is 0.375 e. The van der Waals surface area contributed by atoms with Crippen molar-refractivity contribution in [1.82, 2.24) is 10.4 Å². The number of nitrogens with two attached hydrogens (primary N) is 1. The number of hydrogen-bond donors (Lipinski definition) is 3. The van der Waals surface area contributed by atoms with Gasteiger partial charge < -0.3 is 10.7 Å². The first-order chi connectivity index (χ1) is 5.70. The van der Waals surface area contributed by atoms with Crippen molar-refractivity contribution >= 4 is 23.0 Å². The standard InChI is InChI=1S/C7H10N4S/c1-5(10-11-7(8)12)6-3-2-4-9-6/h2-4,9H,1H3,(H3,8,11,12)/b10-5-. The molecule has 64 valence electrons. The van der Waals surface area contributed by atoms with E-state index in [-0.39, 0.29) is 5.11 Å². The Kier molecular flexibility index (Phi) is 2.82. The fourth-order valence-electron chi connectivity index (χ4n) is 0.755. The molecule has 0 aliphatic heterocycles. The molecule has 0 fully saturated rings. The van der Waals surface area contributed by atoms with Gasteiger partial charge in [-0.3, -0.25) is 5.43 Å². The topological polar surface area (TPSA) is 66.2 Å². The molecule has 1 heterocycles. The van der Waals surface area contributed by atoms with Crippen LogP contribution in [0.15, 0.2) is 23.4 Å². The molecule has 4 N–H and O–H groups in total. The molecule has 0 unspecified atom stereocenters. The van der Waals surface area contributed by atoms with Gasteiger partial charge in [-0.25, -0.2) is 0 Å². The molecule has 4 nitrogen and oxygen atoms in total. The van der Waals surface area contributed by atoms with Gasteiger partial charge in [-0.2, -0.15) is 5.10 Å². The van der Waals surface area contributed by atoms with E-state index in [2.05, 4.69) is 27.7 Å². The minimum atomic E-state index is 0.168. The molecule has 0 atom stereocenters. The van der Waals surface area contributed by atoms with Crippen LogP contribution in [0.2, 0.25) is 0 Å². The third-order valence-electron chi connectivity index (χ3n) is 1.32. The number of hydrazone groups is 1. The molecular formula is C7H10N4S. The van der Waals surface area contributed by atoms with Crippen LogP contribution < -0.4 is 11.2 Å². The van der Waals surface area contributed by atoms with Crippen LogP contribution in [0.1, 0.15) is 12.6 Å². The second kappa shape index (κ2) is 3.87. The smallest absolute Gasteiger partial charge is 0.184 e. The molecule has 1 rings (SSSR count). The summed E-state index contributed by atoms with van der Waals surface area (Å²) in [6.45, 7) is 1.86. The Morgan fingerprint density at radius 2 is 2.50 bits per heavy atom. The summed E-state index contributed by atoms with van der Waals surface area (Å²) in [6, 6.07) is 3.81. The van der Waals surface area contributed by atoms with E-state index in [0.29, 0.717) is 0 Å². The summed E-state index contributed by atoms with van der Waals surface area (Å²) in [7, 11) is 0. The van der Waals surface area contributed by atoms with Crippen molar-refractivity contribution in [3.8, 4) is 0 Å². The lowest BCUT2D eigenvalue weighted by molar-refractivity contribution is 1.03. The molecule has 1 aromatic rings. The van der Waals surface area contributed by atoms with Crippen molar-refractivity contribution in [3.63, 3.8) is 0 Å². The summed E-state index contributed by atoms with van der Waals surface area (Å²) in [5.41, 5.74) is 9.46. The van der Waals surface area contributed by atoms with Gasteiger partial charge in [0.25, 0.3) is 0 Å². The molecule has 0 saturated heterocycles. The van der Waals surface area contributed by atoms with E-state index in [0.717, 1.165) is 11.4 Å².